The molecule has 0 aromatic heterocycles. The molecule has 0 spiro atoms. The maximum atomic E-state index is 11.7. The van der Waals surface area contributed by atoms with E-state index in [-0.39, 0.29) is 17.5 Å². The second-order valence-electron chi connectivity index (χ2n) is 5.99. The Labute approximate surface area is 142 Å². The lowest BCUT2D eigenvalue weighted by Crippen LogP contribution is -2.37. The molecule has 124 valence electrons. The predicted octanol–water partition coefficient (Wildman–Crippen LogP) is 3.36. The van der Waals surface area contributed by atoms with Crippen LogP contribution in [-0.2, 0) is 9.59 Å². The Kier molecular flexibility index (Phi) is 4.09. The number of carbonyl (C=O) groups excluding carboxylic acids is 2. The molecule has 0 radical (unpaired) electrons. The van der Waals surface area contributed by atoms with E-state index in [1.54, 1.807) is 0 Å². The Morgan fingerprint density at radius 2 is 1.55 bits per heavy atom. The number of carbonyl (C=O) groups is 2. The SMILES string of the molecule is [2H]C1(C(C)C)CCC(=C)NC1=O.[2H]C1([2H])C(=C)NC(=O)C([2H])(C(C)C)C1([2H])[2H]. The van der Waals surface area contributed by atoms with Gasteiger partial charge < -0.3 is 10.6 Å². The number of allylic oxidation sites excluding steroid dienone is 2. The maximum absolute atomic E-state index is 11.7. The minimum absolute atomic E-state index is 0.0607. The van der Waals surface area contributed by atoms with Crippen molar-refractivity contribution < 1.29 is 17.8 Å². The molecule has 2 amide bonds. The van der Waals surface area contributed by atoms with Gasteiger partial charge in [0.15, 0.2) is 0 Å². The summed E-state index contributed by atoms with van der Waals surface area (Å²) in [4.78, 5) is 23.1. The van der Waals surface area contributed by atoms with Crippen LogP contribution in [0.1, 0.15) is 61.5 Å². The summed E-state index contributed by atoms with van der Waals surface area (Å²) in [6.45, 7) is 13.8. The van der Waals surface area contributed by atoms with Crippen molar-refractivity contribution in [2.24, 2.45) is 23.6 Å². The summed E-state index contributed by atoms with van der Waals surface area (Å²) >= 11 is 0. The number of hydrogen-bond acceptors (Lipinski definition) is 2. The molecule has 2 N–H and O–H groups in total. The fourth-order valence-electron chi connectivity index (χ4n) is 2.09. The minimum atomic E-state index is -2.62. The Morgan fingerprint density at radius 1 is 1.05 bits per heavy atom. The first kappa shape index (κ1) is 11.0. The van der Waals surface area contributed by atoms with Crippen LogP contribution in [0, 0.1) is 23.6 Å². The van der Waals surface area contributed by atoms with Crippen LogP contribution in [-0.4, -0.2) is 11.8 Å². The third-order valence-electron chi connectivity index (χ3n) is 3.41. The molecule has 4 heteroatoms. The highest BCUT2D eigenvalue weighted by Gasteiger charge is 2.26. The number of hydrogen-bond donors (Lipinski definition) is 2. The highest BCUT2D eigenvalue weighted by molar-refractivity contribution is 5.82. The molecule has 4 nitrogen and oxygen atoms in total. The summed E-state index contributed by atoms with van der Waals surface area (Å²) in [5.41, 5.74) is 0.412. The molecule has 0 saturated carbocycles. The third-order valence-corrected chi connectivity index (χ3v) is 3.41. The van der Waals surface area contributed by atoms with E-state index in [1.165, 1.54) is 13.8 Å². The normalized spacial score (nSPS) is 40.8. The molecule has 2 rings (SSSR count). The molecular weight excluding hydrogens is 276 g/mol. The second-order valence-corrected chi connectivity index (χ2v) is 5.99. The van der Waals surface area contributed by atoms with Crippen molar-refractivity contribution in [2.75, 3.05) is 0 Å². The van der Waals surface area contributed by atoms with Gasteiger partial charge in [0.25, 0.3) is 0 Å². The molecule has 0 aromatic rings. The standard InChI is InChI=1S/2C9H15NO/c2*1-6(2)8-5-4-7(3)10-9(8)11/h2*6,8H,3-5H2,1-2H3,(H,10,11)/i4D2,5D2,8D;8D. The highest BCUT2D eigenvalue weighted by Crippen LogP contribution is 2.24. The summed E-state index contributed by atoms with van der Waals surface area (Å²) in [5, 5.41) is 4.79. The van der Waals surface area contributed by atoms with E-state index >= 15 is 0 Å². The van der Waals surface area contributed by atoms with E-state index in [1.807, 2.05) is 13.8 Å². The van der Waals surface area contributed by atoms with Crippen molar-refractivity contribution in [3.05, 3.63) is 24.6 Å². The lowest BCUT2D eigenvalue weighted by Gasteiger charge is -2.25. The lowest BCUT2D eigenvalue weighted by atomic mass is 9.87. The van der Waals surface area contributed by atoms with Gasteiger partial charge in [-0.05, 0) is 37.4 Å². The number of rotatable bonds is 2. The Balaban J connectivity index is 0.000000292. The van der Waals surface area contributed by atoms with Gasteiger partial charge in [-0.25, -0.2) is 0 Å². The molecule has 2 aliphatic heterocycles. The van der Waals surface area contributed by atoms with Crippen molar-refractivity contribution in [3.63, 3.8) is 0 Å². The van der Waals surface area contributed by atoms with E-state index in [0.717, 1.165) is 12.1 Å². The quantitative estimate of drug-likeness (QED) is 0.821. The van der Waals surface area contributed by atoms with Gasteiger partial charge in [0.1, 0.15) is 0 Å². The monoisotopic (exact) mass is 312 g/mol. The van der Waals surface area contributed by atoms with Crippen LogP contribution >= 0.6 is 0 Å². The van der Waals surface area contributed by atoms with E-state index in [9.17, 15) is 9.59 Å². The van der Waals surface area contributed by atoms with Gasteiger partial charge in [0.2, 0.25) is 11.8 Å². The van der Waals surface area contributed by atoms with Crippen LogP contribution in [0.2, 0.25) is 0 Å². The molecule has 2 saturated heterocycles. The van der Waals surface area contributed by atoms with Crippen LogP contribution in [0.25, 0.3) is 0 Å². The van der Waals surface area contributed by atoms with E-state index < -0.39 is 36.4 Å². The summed E-state index contributed by atoms with van der Waals surface area (Å²) in [6, 6.07) is 0. The Hall–Kier alpha value is -1.58. The van der Waals surface area contributed by atoms with Gasteiger partial charge in [0.05, 0.1) is 0 Å². The van der Waals surface area contributed by atoms with Crippen molar-refractivity contribution in [3.8, 4) is 0 Å². The molecule has 2 unspecified atom stereocenters. The third kappa shape index (κ3) is 5.32. The molecule has 0 aromatic carbocycles. The number of amides is 2. The van der Waals surface area contributed by atoms with E-state index in [4.69, 9.17) is 8.22 Å². The Bertz CT molecular complexity index is 692. The van der Waals surface area contributed by atoms with Gasteiger partial charge >= 0.3 is 0 Å². The minimum Gasteiger partial charge on any atom is -0.330 e. The van der Waals surface area contributed by atoms with Gasteiger partial charge in [0, 0.05) is 31.4 Å². The van der Waals surface area contributed by atoms with Gasteiger partial charge in [-0.1, -0.05) is 40.9 Å². The summed E-state index contributed by atoms with van der Waals surface area (Å²) in [6.07, 6.45) is -3.75. The highest BCUT2D eigenvalue weighted by atomic mass is 16.2. The van der Waals surface area contributed by atoms with Gasteiger partial charge in [-0.2, -0.15) is 0 Å². The zero-order valence-electron chi connectivity index (χ0n) is 19.8. The van der Waals surface area contributed by atoms with Crippen LogP contribution < -0.4 is 10.6 Å². The first-order valence-corrected chi connectivity index (χ1v) is 7.46. The first-order chi connectivity index (χ1) is 12.5. The average molecular weight is 312 g/mol. The molecule has 0 bridgehead atoms. The van der Waals surface area contributed by atoms with Crippen molar-refractivity contribution in [1.29, 1.82) is 0 Å². The molecule has 2 aliphatic rings. The smallest absolute Gasteiger partial charge is 0.227 e. The van der Waals surface area contributed by atoms with Gasteiger partial charge in [-0.15, -0.1) is 0 Å². The van der Waals surface area contributed by atoms with Crippen molar-refractivity contribution >= 4 is 11.8 Å². The van der Waals surface area contributed by atoms with Crippen LogP contribution in [0.15, 0.2) is 24.6 Å². The van der Waals surface area contributed by atoms with E-state index in [2.05, 4.69) is 23.8 Å². The Morgan fingerprint density at radius 3 is 2.05 bits per heavy atom. The second kappa shape index (κ2) is 8.16. The van der Waals surface area contributed by atoms with E-state index in [0.29, 0.717) is 6.42 Å². The zero-order chi connectivity index (χ0) is 22.3. The zero-order valence-corrected chi connectivity index (χ0v) is 13.8. The number of piperidine rings is 2. The molecular formula is C18H30N2O2. The van der Waals surface area contributed by atoms with Crippen LogP contribution in [0.3, 0.4) is 0 Å². The molecule has 2 fully saturated rings. The summed E-state index contributed by atoms with van der Waals surface area (Å²) in [5.74, 6) is -4.73. The maximum Gasteiger partial charge on any atom is 0.227 e. The van der Waals surface area contributed by atoms with Crippen molar-refractivity contribution in [1.82, 2.24) is 10.6 Å². The fraction of sp³-hybridized carbons (Fsp3) is 0.667. The molecule has 22 heavy (non-hydrogen) atoms. The fourth-order valence-corrected chi connectivity index (χ4v) is 2.09. The summed E-state index contributed by atoms with van der Waals surface area (Å²) < 4.78 is 46.7. The largest absolute Gasteiger partial charge is 0.330 e. The average Bonchev–Trinajstić information content (AvgIpc) is 2.56. The molecule has 0 aliphatic carbocycles. The number of nitrogens with one attached hydrogen (secondary N) is 2. The summed E-state index contributed by atoms with van der Waals surface area (Å²) in [7, 11) is 0. The van der Waals surface area contributed by atoms with Crippen molar-refractivity contribution in [2.45, 2.75) is 53.3 Å². The topological polar surface area (TPSA) is 58.2 Å². The van der Waals surface area contributed by atoms with Crippen LogP contribution in [0.4, 0.5) is 0 Å². The first-order valence-electron chi connectivity index (χ1n) is 10.5. The lowest BCUT2D eigenvalue weighted by molar-refractivity contribution is -0.127. The predicted molar refractivity (Wildman–Crippen MR) is 89.7 cm³/mol. The molecule has 2 atom stereocenters. The molecule has 2 heterocycles. The van der Waals surface area contributed by atoms with Crippen LogP contribution in [0.5, 0.6) is 0 Å². The van der Waals surface area contributed by atoms with Gasteiger partial charge in [-0.3, -0.25) is 9.59 Å².